The Morgan fingerprint density at radius 3 is 3.00 bits per heavy atom. The Bertz CT molecular complexity index is 530. The van der Waals surface area contributed by atoms with E-state index in [1.165, 1.54) is 5.56 Å². The minimum Gasteiger partial charge on any atom is -0.508 e. The summed E-state index contributed by atoms with van der Waals surface area (Å²) >= 11 is 0. The Balaban J connectivity index is 2.11. The topological polar surface area (TPSA) is 39.3 Å². The number of rotatable bonds is 6. The molecule has 96 valence electrons. The van der Waals surface area contributed by atoms with E-state index in [2.05, 4.69) is 23.4 Å². The van der Waals surface area contributed by atoms with Crippen molar-refractivity contribution in [1.29, 1.82) is 0 Å². The van der Waals surface area contributed by atoms with Crippen LogP contribution in [0.4, 0.5) is 0 Å². The lowest BCUT2D eigenvalue weighted by Crippen LogP contribution is -2.25. The highest BCUT2D eigenvalue weighted by atomic mass is 16.3. The monoisotopic (exact) mass is 244 g/mol. The molecule has 1 aromatic heterocycles. The molecule has 3 heteroatoms. The quantitative estimate of drug-likeness (QED) is 0.767. The van der Waals surface area contributed by atoms with Crippen LogP contribution in [0.1, 0.15) is 12.5 Å². The summed E-state index contributed by atoms with van der Waals surface area (Å²) in [7, 11) is 0. The average Bonchev–Trinajstić information content (AvgIpc) is 2.77. The normalized spacial score (nSPS) is 11.2. The van der Waals surface area contributed by atoms with Crippen LogP contribution >= 0.6 is 0 Å². The molecule has 0 unspecified atom stereocenters. The third kappa shape index (κ3) is 2.74. The molecule has 0 amide bonds. The fraction of sp³-hybridized carbons (Fsp3) is 0.333. The minimum atomic E-state index is 0.321. The van der Waals surface area contributed by atoms with Gasteiger partial charge >= 0.3 is 0 Å². The lowest BCUT2D eigenvalue weighted by molar-refractivity contribution is 0.324. The van der Waals surface area contributed by atoms with E-state index >= 15 is 0 Å². The molecule has 1 heterocycles. The largest absolute Gasteiger partial charge is 0.508 e. The van der Waals surface area contributed by atoms with Crippen LogP contribution in [-0.2, 0) is 6.42 Å². The zero-order chi connectivity index (χ0) is 13.0. The molecule has 0 spiro atoms. The second kappa shape index (κ2) is 5.74. The van der Waals surface area contributed by atoms with Gasteiger partial charge in [-0.05, 0) is 36.7 Å². The molecule has 2 aromatic rings. The first-order valence-corrected chi connectivity index (χ1v) is 6.36. The first-order valence-electron chi connectivity index (χ1n) is 6.36. The van der Waals surface area contributed by atoms with Gasteiger partial charge in [-0.1, -0.05) is 13.0 Å². The lowest BCUT2D eigenvalue weighted by atomic mass is 10.1. The van der Waals surface area contributed by atoms with Crippen molar-refractivity contribution < 1.29 is 5.11 Å². The third-order valence-electron chi connectivity index (χ3n) is 3.28. The standard InChI is InChI=1S/C15H20N2O/c1-3-8-17(4-2)9-7-12-11-16-15-6-5-13(18)10-14(12)15/h3,5-6,10-11,16,18H,1,4,7-9H2,2H3. The van der Waals surface area contributed by atoms with E-state index in [1.54, 1.807) is 6.07 Å². The van der Waals surface area contributed by atoms with Gasteiger partial charge in [0.25, 0.3) is 0 Å². The van der Waals surface area contributed by atoms with Gasteiger partial charge in [-0.2, -0.15) is 0 Å². The van der Waals surface area contributed by atoms with Gasteiger partial charge in [-0.25, -0.2) is 0 Å². The van der Waals surface area contributed by atoms with Crippen molar-refractivity contribution in [3.63, 3.8) is 0 Å². The molecule has 3 nitrogen and oxygen atoms in total. The maximum Gasteiger partial charge on any atom is 0.116 e. The second-order valence-electron chi connectivity index (χ2n) is 4.48. The molecule has 0 saturated carbocycles. The summed E-state index contributed by atoms with van der Waals surface area (Å²) in [6.07, 6.45) is 4.95. The molecule has 0 fully saturated rings. The number of phenols is 1. The molecule has 0 radical (unpaired) electrons. The van der Waals surface area contributed by atoms with E-state index < -0.39 is 0 Å². The molecular formula is C15H20N2O. The number of hydrogen-bond donors (Lipinski definition) is 2. The maximum absolute atomic E-state index is 9.54. The number of aromatic hydroxyl groups is 1. The van der Waals surface area contributed by atoms with E-state index in [-0.39, 0.29) is 0 Å². The SMILES string of the molecule is C=CCN(CC)CCc1c[nH]c2ccc(O)cc12. The molecule has 0 aliphatic heterocycles. The molecule has 18 heavy (non-hydrogen) atoms. The van der Waals surface area contributed by atoms with Crippen LogP contribution < -0.4 is 0 Å². The van der Waals surface area contributed by atoms with E-state index in [0.717, 1.165) is 37.0 Å². The van der Waals surface area contributed by atoms with Gasteiger partial charge in [0.05, 0.1) is 0 Å². The summed E-state index contributed by atoms with van der Waals surface area (Å²) in [5, 5.41) is 10.7. The molecule has 0 aliphatic carbocycles. The second-order valence-corrected chi connectivity index (χ2v) is 4.48. The van der Waals surface area contributed by atoms with Crippen LogP contribution in [0.15, 0.2) is 37.1 Å². The zero-order valence-electron chi connectivity index (χ0n) is 10.8. The summed E-state index contributed by atoms with van der Waals surface area (Å²) in [6.45, 7) is 8.88. The smallest absolute Gasteiger partial charge is 0.116 e. The van der Waals surface area contributed by atoms with Crippen LogP contribution in [0.5, 0.6) is 5.75 Å². The molecule has 0 bridgehead atoms. The molecule has 0 atom stereocenters. The Morgan fingerprint density at radius 1 is 1.44 bits per heavy atom. The van der Waals surface area contributed by atoms with Crippen molar-refractivity contribution in [3.05, 3.63) is 42.6 Å². The molecule has 2 rings (SSSR count). The number of phenolic OH excluding ortho intramolecular Hbond substituents is 1. The van der Waals surface area contributed by atoms with Gasteiger partial charge in [0.15, 0.2) is 0 Å². The predicted octanol–water partition coefficient (Wildman–Crippen LogP) is 2.92. The van der Waals surface area contributed by atoms with Crippen LogP contribution in [0.2, 0.25) is 0 Å². The van der Waals surface area contributed by atoms with E-state index in [1.807, 2.05) is 24.4 Å². The average molecular weight is 244 g/mol. The van der Waals surface area contributed by atoms with Gasteiger partial charge < -0.3 is 10.1 Å². The summed E-state index contributed by atoms with van der Waals surface area (Å²) < 4.78 is 0. The molecule has 0 saturated heterocycles. The fourth-order valence-corrected chi connectivity index (χ4v) is 2.21. The van der Waals surface area contributed by atoms with Crippen molar-refractivity contribution in [2.75, 3.05) is 19.6 Å². The summed E-state index contributed by atoms with van der Waals surface area (Å²) in [5.41, 5.74) is 2.33. The van der Waals surface area contributed by atoms with E-state index in [4.69, 9.17) is 0 Å². The van der Waals surface area contributed by atoms with E-state index in [0.29, 0.717) is 5.75 Å². The number of nitrogens with zero attached hydrogens (tertiary/aromatic N) is 1. The minimum absolute atomic E-state index is 0.321. The van der Waals surface area contributed by atoms with Gasteiger partial charge in [0.1, 0.15) is 5.75 Å². The number of aromatic nitrogens is 1. The molecule has 0 aliphatic rings. The summed E-state index contributed by atoms with van der Waals surface area (Å²) in [4.78, 5) is 5.58. The van der Waals surface area contributed by atoms with Crippen molar-refractivity contribution in [2.24, 2.45) is 0 Å². The van der Waals surface area contributed by atoms with Gasteiger partial charge in [0, 0.05) is 30.2 Å². The van der Waals surface area contributed by atoms with Gasteiger partial charge in [0.2, 0.25) is 0 Å². The van der Waals surface area contributed by atoms with Gasteiger partial charge in [-0.3, -0.25) is 4.90 Å². The summed E-state index contributed by atoms with van der Waals surface area (Å²) in [6, 6.07) is 5.44. The Kier molecular flexibility index (Phi) is 4.05. The predicted molar refractivity (Wildman–Crippen MR) is 76.0 cm³/mol. The lowest BCUT2D eigenvalue weighted by Gasteiger charge is -2.17. The Labute approximate surface area is 108 Å². The highest BCUT2D eigenvalue weighted by Crippen LogP contribution is 2.23. The van der Waals surface area contributed by atoms with Crippen molar-refractivity contribution >= 4 is 10.9 Å². The molecular weight excluding hydrogens is 224 g/mol. The number of hydrogen-bond acceptors (Lipinski definition) is 2. The first-order chi connectivity index (χ1) is 8.74. The van der Waals surface area contributed by atoms with Crippen molar-refractivity contribution in [1.82, 2.24) is 9.88 Å². The third-order valence-corrected chi connectivity index (χ3v) is 3.28. The highest BCUT2D eigenvalue weighted by molar-refractivity contribution is 5.84. The van der Waals surface area contributed by atoms with Crippen LogP contribution in [0.3, 0.4) is 0 Å². The maximum atomic E-state index is 9.54. The van der Waals surface area contributed by atoms with Crippen molar-refractivity contribution in [3.8, 4) is 5.75 Å². The highest BCUT2D eigenvalue weighted by Gasteiger charge is 2.06. The number of aromatic amines is 1. The Hall–Kier alpha value is -1.74. The number of fused-ring (bicyclic) bond motifs is 1. The number of nitrogens with one attached hydrogen (secondary N) is 1. The van der Waals surface area contributed by atoms with Gasteiger partial charge in [-0.15, -0.1) is 6.58 Å². The number of likely N-dealkylation sites (N-methyl/N-ethyl adjacent to an activating group) is 1. The Morgan fingerprint density at radius 2 is 2.28 bits per heavy atom. The van der Waals surface area contributed by atoms with Crippen LogP contribution in [0.25, 0.3) is 10.9 Å². The van der Waals surface area contributed by atoms with Crippen molar-refractivity contribution in [2.45, 2.75) is 13.3 Å². The van der Waals surface area contributed by atoms with Crippen LogP contribution in [-0.4, -0.2) is 34.6 Å². The van der Waals surface area contributed by atoms with E-state index in [9.17, 15) is 5.11 Å². The summed E-state index contributed by atoms with van der Waals surface area (Å²) in [5.74, 6) is 0.321. The van der Waals surface area contributed by atoms with Crippen LogP contribution in [0, 0.1) is 0 Å². The molecule has 1 aromatic carbocycles. The number of benzene rings is 1. The molecule has 2 N–H and O–H groups in total. The fourth-order valence-electron chi connectivity index (χ4n) is 2.21. The zero-order valence-corrected chi connectivity index (χ0v) is 10.8. The first kappa shape index (κ1) is 12.7. The number of H-pyrrole nitrogens is 1.